The lowest BCUT2D eigenvalue weighted by Crippen LogP contribution is -2.40. The van der Waals surface area contributed by atoms with Crippen molar-refractivity contribution in [1.29, 1.82) is 0 Å². The van der Waals surface area contributed by atoms with Crippen LogP contribution in [0.5, 0.6) is 0 Å². The molecule has 0 N–H and O–H groups in total. The zero-order valence-electron chi connectivity index (χ0n) is 10.9. The molecule has 0 amide bonds. The molecule has 0 aliphatic carbocycles. The number of hydrogen-bond acceptors (Lipinski definition) is 2. The summed E-state index contributed by atoms with van der Waals surface area (Å²) in [7, 11) is 0. The van der Waals surface area contributed by atoms with E-state index in [0.717, 1.165) is 29.9 Å². The quantitative estimate of drug-likeness (QED) is 0.778. The third kappa shape index (κ3) is 2.30. The number of piperidine rings is 1. The Balaban J connectivity index is 2.18. The van der Waals surface area contributed by atoms with Gasteiger partial charge in [-0.3, -0.25) is 0 Å². The zero-order valence-corrected chi connectivity index (χ0v) is 12.5. The molecule has 0 radical (unpaired) electrons. The molecule has 1 aliphatic heterocycles. The Hall–Kier alpha value is -0.930. The fraction of sp³-hybridized carbons (Fsp3) is 0.500. The van der Waals surface area contributed by atoms with Gasteiger partial charge in [0.2, 0.25) is 0 Å². The highest BCUT2D eigenvalue weighted by atomic mass is 35.5. The summed E-state index contributed by atoms with van der Waals surface area (Å²) < 4.78 is 2.16. The van der Waals surface area contributed by atoms with Gasteiger partial charge in [0.25, 0.3) is 0 Å². The summed E-state index contributed by atoms with van der Waals surface area (Å²) in [5, 5.41) is 2.89. The highest BCUT2D eigenvalue weighted by Gasteiger charge is 2.21. The first-order valence-electron chi connectivity index (χ1n) is 6.74. The van der Waals surface area contributed by atoms with Crippen LogP contribution in [0.3, 0.4) is 0 Å². The molecule has 102 valence electrons. The third-order valence-corrected chi connectivity index (χ3v) is 4.11. The van der Waals surface area contributed by atoms with Crippen LogP contribution in [-0.4, -0.2) is 22.7 Å². The van der Waals surface area contributed by atoms with Gasteiger partial charge in [0.05, 0.1) is 15.9 Å². The molecule has 0 bridgehead atoms. The topological polar surface area (TPSA) is 21.1 Å². The van der Waals surface area contributed by atoms with Gasteiger partial charge in [0.1, 0.15) is 11.3 Å². The monoisotopic (exact) mass is 297 g/mol. The SMILES string of the molecule is CC(Cl)c1nc2c(Cl)cccc2n1N1CCCCC1. The maximum absolute atomic E-state index is 6.30. The van der Waals surface area contributed by atoms with Crippen LogP contribution in [0.1, 0.15) is 37.4 Å². The average Bonchev–Trinajstić information content (AvgIpc) is 2.81. The minimum absolute atomic E-state index is 0.134. The molecule has 1 aromatic heterocycles. The van der Waals surface area contributed by atoms with E-state index in [0.29, 0.717) is 5.02 Å². The lowest BCUT2D eigenvalue weighted by Gasteiger charge is -2.31. The number of rotatable bonds is 2. The Morgan fingerprint density at radius 2 is 1.95 bits per heavy atom. The molecule has 1 fully saturated rings. The van der Waals surface area contributed by atoms with E-state index < -0.39 is 0 Å². The molecular formula is C14H17Cl2N3. The number of imidazole rings is 1. The van der Waals surface area contributed by atoms with Gasteiger partial charge in [-0.25, -0.2) is 9.66 Å². The molecule has 1 aliphatic rings. The van der Waals surface area contributed by atoms with Crippen LogP contribution in [0.2, 0.25) is 5.02 Å². The minimum atomic E-state index is -0.134. The first kappa shape index (κ1) is 13.1. The van der Waals surface area contributed by atoms with E-state index in [1.165, 1.54) is 19.3 Å². The highest BCUT2D eigenvalue weighted by molar-refractivity contribution is 6.35. The van der Waals surface area contributed by atoms with Crippen molar-refractivity contribution in [3.05, 3.63) is 29.0 Å². The molecule has 2 aromatic rings. The van der Waals surface area contributed by atoms with Crippen molar-refractivity contribution in [2.24, 2.45) is 0 Å². The summed E-state index contributed by atoms with van der Waals surface area (Å²) in [5.74, 6) is 0.881. The first-order chi connectivity index (χ1) is 9.18. The number of nitrogens with zero attached hydrogens (tertiary/aromatic N) is 3. The number of aromatic nitrogens is 2. The fourth-order valence-corrected chi connectivity index (χ4v) is 3.06. The van der Waals surface area contributed by atoms with Crippen LogP contribution in [0, 0.1) is 0 Å². The third-order valence-electron chi connectivity index (χ3n) is 3.61. The number of benzene rings is 1. The van der Waals surface area contributed by atoms with Crippen molar-refractivity contribution in [2.75, 3.05) is 18.1 Å². The molecule has 1 atom stereocenters. The first-order valence-corrected chi connectivity index (χ1v) is 7.56. The van der Waals surface area contributed by atoms with Crippen molar-refractivity contribution in [3.8, 4) is 0 Å². The van der Waals surface area contributed by atoms with Gasteiger partial charge >= 0.3 is 0 Å². The summed E-state index contributed by atoms with van der Waals surface area (Å²) in [6, 6.07) is 5.90. The van der Waals surface area contributed by atoms with Crippen molar-refractivity contribution < 1.29 is 0 Å². The Kier molecular flexibility index (Phi) is 3.59. The van der Waals surface area contributed by atoms with Gasteiger partial charge in [-0.15, -0.1) is 11.6 Å². The molecule has 1 unspecified atom stereocenters. The van der Waals surface area contributed by atoms with E-state index in [-0.39, 0.29) is 5.38 Å². The van der Waals surface area contributed by atoms with Crippen molar-refractivity contribution in [2.45, 2.75) is 31.6 Å². The second-order valence-electron chi connectivity index (χ2n) is 5.02. The molecule has 3 rings (SSSR count). The Labute approximate surface area is 123 Å². The normalized spacial score (nSPS) is 17.9. The van der Waals surface area contributed by atoms with Gasteiger partial charge in [0.15, 0.2) is 0 Å². The molecule has 0 saturated carbocycles. The van der Waals surface area contributed by atoms with Crippen LogP contribution < -0.4 is 5.01 Å². The maximum Gasteiger partial charge on any atom is 0.146 e. The summed E-state index contributed by atoms with van der Waals surface area (Å²) in [5.41, 5.74) is 1.90. The molecule has 1 aromatic carbocycles. The fourth-order valence-electron chi connectivity index (χ4n) is 2.70. The molecule has 0 spiro atoms. The highest BCUT2D eigenvalue weighted by Crippen LogP contribution is 2.29. The Bertz CT molecular complexity index is 586. The number of fused-ring (bicyclic) bond motifs is 1. The molecular weight excluding hydrogens is 281 g/mol. The predicted octanol–water partition coefficient (Wildman–Crippen LogP) is 4.11. The summed E-state index contributed by atoms with van der Waals surface area (Å²) >= 11 is 12.5. The van der Waals surface area contributed by atoms with E-state index >= 15 is 0 Å². The second-order valence-corrected chi connectivity index (χ2v) is 6.08. The van der Waals surface area contributed by atoms with Crippen LogP contribution in [0.4, 0.5) is 0 Å². The van der Waals surface area contributed by atoms with Gasteiger partial charge < -0.3 is 5.01 Å². The standard InChI is InChI=1S/C14H17Cl2N3/c1-10(15)14-17-13-11(16)6-5-7-12(13)19(14)18-8-3-2-4-9-18/h5-7,10H,2-4,8-9H2,1H3. The largest absolute Gasteiger partial charge is 0.311 e. The summed E-state index contributed by atoms with van der Waals surface area (Å²) in [4.78, 5) is 4.64. The molecule has 2 heterocycles. The lowest BCUT2D eigenvalue weighted by atomic mass is 10.2. The maximum atomic E-state index is 6.30. The lowest BCUT2D eigenvalue weighted by molar-refractivity contribution is 0.475. The van der Waals surface area contributed by atoms with Crippen molar-refractivity contribution >= 4 is 34.2 Å². The van der Waals surface area contributed by atoms with E-state index in [2.05, 4.69) is 20.7 Å². The number of halogens is 2. The Morgan fingerprint density at radius 3 is 2.63 bits per heavy atom. The van der Waals surface area contributed by atoms with Gasteiger partial charge in [0, 0.05) is 13.1 Å². The summed E-state index contributed by atoms with van der Waals surface area (Å²) in [6.45, 7) is 4.06. The van der Waals surface area contributed by atoms with Crippen LogP contribution >= 0.6 is 23.2 Å². The smallest absolute Gasteiger partial charge is 0.146 e. The molecule has 19 heavy (non-hydrogen) atoms. The van der Waals surface area contributed by atoms with E-state index in [1.807, 2.05) is 19.1 Å². The van der Waals surface area contributed by atoms with E-state index in [1.54, 1.807) is 0 Å². The molecule has 1 saturated heterocycles. The molecule has 5 heteroatoms. The Morgan fingerprint density at radius 1 is 1.21 bits per heavy atom. The van der Waals surface area contributed by atoms with Crippen molar-refractivity contribution in [3.63, 3.8) is 0 Å². The minimum Gasteiger partial charge on any atom is -0.311 e. The zero-order chi connectivity index (χ0) is 13.4. The second kappa shape index (κ2) is 5.22. The predicted molar refractivity (Wildman–Crippen MR) is 80.8 cm³/mol. The van der Waals surface area contributed by atoms with Crippen LogP contribution in [-0.2, 0) is 0 Å². The van der Waals surface area contributed by atoms with Crippen LogP contribution in [0.15, 0.2) is 18.2 Å². The van der Waals surface area contributed by atoms with E-state index in [9.17, 15) is 0 Å². The number of para-hydroxylation sites is 1. The van der Waals surface area contributed by atoms with Gasteiger partial charge in [-0.05, 0) is 38.3 Å². The molecule has 3 nitrogen and oxygen atoms in total. The number of hydrogen-bond donors (Lipinski definition) is 0. The van der Waals surface area contributed by atoms with E-state index in [4.69, 9.17) is 23.2 Å². The number of alkyl halides is 1. The van der Waals surface area contributed by atoms with Crippen LogP contribution in [0.25, 0.3) is 11.0 Å². The van der Waals surface area contributed by atoms with Gasteiger partial charge in [-0.2, -0.15) is 0 Å². The average molecular weight is 298 g/mol. The summed E-state index contributed by atoms with van der Waals surface area (Å²) in [6.07, 6.45) is 3.74. The van der Waals surface area contributed by atoms with Gasteiger partial charge in [-0.1, -0.05) is 17.7 Å². The van der Waals surface area contributed by atoms with Crippen molar-refractivity contribution in [1.82, 2.24) is 9.66 Å².